The van der Waals surface area contributed by atoms with Crippen LogP contribution >= 0.6 is 12.2 Å². The molecule has 3 rings (SSSR count). The summed E-state index contributed by atoms with van der Waals surface area (Å²) >= 11 is 5.17. The van der Waals surface area contributed by atoms with Crippen molar-refractivity contribution in [3.8, 4) is 17.2 Å². The van der Waals surface area contributed by atoms with Crippen molar-refractivity contribution < 1.29 is 9.47 Å². The second-order valence-corrected chi connectivity index (χ2v) is 5.22. The number of aliphatic imine (C=N–C) groups is 1. The monoisotopic (exact) mass is 332 g/mol. The van der Waals surface area contributed by atoms with Gasteiger partial charge < -0.3 is 30.8 Å². The largest absolute Gasteiger partial charge is 0.489 e. The van der Waals surface area contributed by atoms with Gasteiger partial charge in [0, 0.05) is 7.05 Å². The first-order chi connectivity index (χ1) is 11.0. The molecule has 2 heterocycles. The second-order valence-electron chi connectivity index (χ2n) is 4.86. The molecule has 2 aromatic rings. The lowest BCUT2D eigenvalue weighted by Crippen LogP contribution is -2.23. The lowest BCUT2D eigenvalue weighted by atomic mass is 10.2. The Labute approximate surface area is 137 Å². The molecule has 9 heteroatoms. The SMILES string of the molecule is Cn1cc2c(nc1=S)Nc1c(OCCN=C(N)N)cccc1O2. The molecule has 0 saturated carbocycles. The maximum absolute atomic E-state index is 5.86. The third-order valence-corrected chi connectivity index (χ3v) is 3.53. The minimum Gasteiger partial charge on any atom is -0.489 e. The zero-order chi connectivity index (χ0) is 16.4. The highest BCUT2D eigenvalue weighted by atomic mass is 32.1. The molecule has 1 aliphatic rings. The predicted molar refractivity (Wildman–Crippen MR) is 90.0 cm³/mol. The van der Waals surface area contributed by atoms with Crippen molar-refractivity contribution >= 4 is 29.7 Å². The second kappa shape index (κ2) is 6.13. The summed E-state index contributed by atoms with van der Waals surface area (Å²) in [5, 5.41) is 3.20. The molecule has 5 N–H and O–H groups in total. The van der Waals surface area contributed by atoms with Crippen molar-refractivity contribution in [3.63, 3.8) is 0 Å². The van der Waals surface area contributed by atoms with E-state index >= 15 is 0 Å². The summed E-state index contributed by atoms with van der Waals surface area (Å²) < 4.78 is 13.7. The number of aryl methyl sites for hydroxylation is 1. The maximum Gasteiger partial charge on any atom is 0.201 e. The van der Waals surface area contributed by atoms with Gasteiger partial charge in [-0.05, 0) is 24.4 Å². The molecule has 8 nitrogen and oxygen atoms in total. The van der Waals surface area contributed by atoms with Crippen LogP contribution in [0, 0.1) is 4.77 Å². The molecule has 1 aliphatic heterocycles. The van der Waals surface area contributed by atoms with Gasteiger partial charge in [-0.25, -0.2) is 0 Å². The molecule has 1 aromatic heterocycles. The van der Waals surface area contributed by atoms with Crippen molar-refractivity contribution in [3.05, 3.63) is 29.2 Å². The summed E-state index contributed by atoms with van der Waals surface area (Å²) in [6, 6.07) is 5.51. The van der Waals surface area contributed by atoms with Crippen LogP contribution in [0.4, 0.5) is 11.5 Å². The Morgan fingerprint density at radius 2 is 2.26 bits per heavy atom. The summed E-state index contributed by atoms with van der Waals surface area (Å²) in [4.78, 5) is 8.18. The Bertz CT molecular complexity index is 829. The van der Waals surface area contributed by atoms with E-state index in [1.165, 1.54) is 0 Å². The fourth-order valence-electron chi connectivity index (χ4n) is 2.09. The molecule has 23 heavy (non-hydrogen) atoms. The normalized spacial score (nSPS) is 11.5. The molecule has 0 aliphatic carbocycles. The molecule has 0 amide bonds. The number of anilines is 2. The van der Waals surface area contributed by atoms with E-state index in [9.17, 15) is 0 Å². The number of hydrogen-bond acceptors (Lipinski definition) is 6. The van der Waals surface area contributed by atoms with E-state index in [2.05, 4.69) is 15.3 Å². The van der Waals surface area contributed by atoms with Gasteiger partial charge in [0.25, 0.3) is 0 Å². The van der Waals surface area contributed by atoms with Gasteiger partial charge in [0.05, 0.1) is 12.7 Å². The summed E-state index contributed by atoms with van der Waals surface area (Å²) in [5.74, 6) is 2.47. The van der Waals surface area contributed by atoms with Gasteiger partial charge in [0.15, 0.2) is 23.3 Å². The molecule has 0 unspecified atom stereocenters. The highest BCUT2D eigenvalue weighted by molar-refractivity contribution is 7.71. The number of nitrogens with two attached hydrogens (primary N) is 2. The number of hydrogen-bond donors (Lipinski definition) is 3. The zero-order valence-corrected chi connectivity index (χ0v) is 13.3. The minimum atomic E-state index is 0.0362. The van der Waals surface area contributed by atoms with Crippen LogP contribution in [0.3, 0.4) is 0 Å². The number of guanidine groups is 1. The van der Waals surface area contributed by atoms with E-state index in [1.807, 2.05) is 25.2 Å². The highest BCUT2D eigenvalue weighted by Gasteiger charge is 2.21. The standard InChI is InChI=1S/C14H16N6O2S/c1-20-7-10-12(19-14(20)23)18-11-8(3-2-4-9(11)22-10)21-6-5-17-13(15)16/h2-4,7H,5-6H2,1H3,(H4,15,16,17)(H,18,19,23). The van der Waals surface area contributed by atoms with Crippen molar-refractivity contribution in [1.29, 1.82) is 0 Å². The van der Waals surface area contributed by atoms with Gasteiger partial charge in [-0.3, -0.25) is 4.99 Å². The molecule has 1 aromatic carbocycles. The van der Waals surface area contributed by atoms with Crippen LogP contribution in [0.25, 0.3) is 0 Å². The highest BCUT2D eigenvalue weighted by Crippen LogP contribution is 2.45. The first kappa shape index (κ1) is 15.1. The van der Waals surface area contributed by atoms with Crippen LogP contribution in [-0.4, -0.2) is 28.7 Å². The summed E-state index contributed by atoms with van der Waals surface area (Å²) in [6.45, 7) is 0.709. The van der Waals surface area contributed by atoms with Gasteiger partial charge in [-0.2, -0.15) is 4.98 Å². The first-order valence-corrected chi connectivity index (χ1v) is 7.29. The van der Waals surface area contributed by atoms with Crippen molar-refractivity contribution in [1.82, 2.24) is 9.55 Å². The Morgan fingerprint density at radius 3 is 3.04 bits per heavy atom. The molecule has 0 fully saturated rings. The fourth-order valence-corrected chi connectivity index (χ4v) is 2.24. The molecule has 120 valence electrons. The van der Waals surface area contributed by atoms with Crippen molar-refractivity contribution in [2.24, 2.45) is 23.5 Å². The van der Waals surface area contributed by atoms with Gasteiger partial charge in [-0.15, -0.1) is 0 Å². The summed E-state index contributed by atoms with van der Waals surface area (Å²) in [5.41, 5.74) is 11.3. The Balaban J connectivity index is 1.84. The van der Waals surface area contributed by atoms with Crippen LogP contribution in [-0.2, 0) is 7.05 Å². The number of benzene rings is 1. The van der Waals surface area contributed by atoms with E-state index in [0.717, 1.165) is 0 Å². The average Bonchev–Trinajstić information content (AvgIpc) is 2.51. The first-order valence-electron chi connectivity index (χ1n) is 6.88. The summed E-state index contributed by atoms with van der Waals surface area (Å²) in [7, 11) is 1.82. The Morgan fingerprint density at radius 1 is 1.43 bits per heavy atom. The fraction of sp³-hybridized carbons (Fsp3) is 0.214. The number of para-hydroxylation sites is 1. The van der Waals surface area contributed by atoms with E-state index in [-0.39, 0.29) is 5.96 Å². The predicted octanol–water partition coefficient (Wildman–Crippen LogP) is 1.65. The molecular formula is C14H16N6O2S. The third kappa shape index (κ3) is 3.19. The maximum atomic E-state index is 5.86. The van der Waals surface area contributed by atoms with Crippen LogP contribution in [0.2, 0.25) is 0 Å². The van der Waals surface area contributed by atoms with Crippen molar-refractivity contribution in [2.75, 3.05) is 18.5 Å². The number of aromatic nitrogens is 2. The van der Waals surface area contributed by atoms with Gasteiger partial charge in [0.2, 0.25) is 4.77 Å². The summed E-state index contributed by atoms with van der Waals surface area (Å²) in [6.07, 6.45) is 1.78. The number of nitrogens with one attached hydrogen (secondary N) is 1. The number of rotatable bonds is 4. The van der Waals surface area contributed by atoms with Crippen LogP contribution in [0.5, 0.6) is 17.2 Å². The smallest absolute Gasteiger partial charge is 0.201 e. The van der Waals surface area contributed by atoms with Gasteiger partial charge >= 0.3 is 0 Å². The van der Waals surface area contributed by atoms with E-state index in [0.29, 0.717) is 46.7 Å². The number of ether oxygens (including phenoxy) is 2. The zero-order valence-electron chi connectivity index (χ0n) is 12.4. The lowest BCUT2D eigenvalue weighted by molar-refractivity contribution is 0.328. The Hall–Kier alpha value is -2.81. The number of fused-ring (bicyclic) bond motifs is 2. The molecule has 0 atom stereocenters. The molecule has 0 bridgehead atoms. The topological polar surface area (TPSA) is 113 Å². The lowest BCUT2D eigenvalue weighted by Gasteiger charge is -2.23. The molecule has 0 saturated heterocycles. The quantitative estimate of drug-likeness (QED) is 0.288. The Kier molecular flexibility index (Phi) is 4.02. The van der Waals surface area contributed by atoms with Crippen LogP contribution in [0.1, 0.15) is 0 Å². The van der Waals surface area contributed by atoms with E-state index < -0.39 is 0 Å². The van der Waals surface area contributed by atoms with Crippen LogP contribution < -0.4 is 26.3 Å². The van der Waals surface area contributed by atoms with Crippen molar-refractivity contribution in [2.45, 2.75) is 0 Å². The average molecular weight is 332 g/mol. The third-order valence-electron chi connectivity index (χ3n) is 3.15. The van der Waals surface area contributed by atoms with E-state index in [4.69, 9.17) is 33.2 Å². The van der Waals surface area contributed by atoms with E-state index in [1.54, 1.807) is 10.8 Å². The van der Waals surface area contributed by atoms with Gasteiger partial charge in [0.1, 0.15) is 18.0 Å². The molecule has 0 radical (unpaired) electrons. The molecule has 0 spiro atoms. The number of nitrogens with zero attached hydrogens (tertiary/aromatic N) is 3. The minimum absolute atomic E-state index is 0.0362. The van der Waals surface area contributed by atoms with Crippen LogP contribution in [0.15, 0.2) is 29.4 Å². The molecular weight excluding hydrogens is 316 g/mol. The van der Waals surface area contributed by atoms with Gasteiger partial charge in [-0.1, -0.05) is 6.07 Å².